The number of aryl methyl sites for hydroxylation is 1. The van der Waals surface area contributed by atoms with E-state index in [1.54, 1.807) is 0 Å². The first-order valence-electron chi connectivity index (χ1n) is 4.25. The lowest BCUT2D eigenvalue weighted by Gasteiger charge is -2.02. The maximum absolute atomic E-state index is 10.9. The summed E-state index contributed by atoms with van der Waals surface area (Å²) in [5.41, 5.74) is 8.05. The van der Waals surface area contributed by atoms with Gasteiger partial charge in [-0.2, -0.15) is 0 Å². The van der Waals surface area contributed by atoms with Crippen molar-refractivity contribution in [2.24, 2.45) is 5.73 Å². The lowest BCUT2D eigenvalue weighted by molar-refractivity contribution is -0.134. The fraction of sp³-hybridized carbons (Fsp3) is 0.182. The van der Waals surface area contributed by atoms with Crippen LogP contribution >= 0.6 is 0 Å². The van der Waals surface area contributed by atoms with Gasteiger partial charge in [0.15, 0.2) is 0 Å². The second-order valence-corrected chi connectivity index (χ2v) is 2.99. The van der Waals surface area contributed by atoms with Crippen LogP contribution in [0, 0.1) is 6.92 Å². The van der Waals surface area contributed by atoms with Gasteiger partial charge in [-0.1, -0.05) is 23.8 Å². The Morgan fingerprint density at radius 2 is 2.21 bits per heavy atom. The predicted molar refractivity (Wildman–Crippen MR) is 55.4 cm³/mol. The van der Waals surface area contributed by atoms with Crippen LogP contribution in [0.25, 0.3) is 5.70 Å². The van der Waals surface area contributed by atoms with Crippen molar-refractivity contribution in [2.45, 2.75) is 6.92 Å². The summed E-state index contributed by atoms with van der Waals surface area (Å²) in [6.45, 7) is 1.97. The largest absolute Gasteiger partial charge is 0.466 e. The van der Waals surface area contributed by atoms with Crippen molar-refractivity contribution < 1.29 is 9.53 Å². The van der Waals surface area contributed by atoms with E-state index < -0.39 is 5.97 Å². The van der Waals surface area contributed by atoms with Crippen LogP contribution < -0.4 is 5.73 Å². The number of carbonyl (C=O) groups is 1. The number of benzene rings is 1. The van der Waals surface area contributed by atoms with Gasteiger partial charge in [0.1, 0.15) is 0 Å². The zero-order chi connectivity index (χ0) is 10.6. The topological polar surface area (TPSA) is 52.3 Å². The van der Waals surface area contributed by atoms with E-state index in [1.165, 1.54) is 13.2 Å². The summed E-state index contributed by atoms with van der Waals surface area (Å²) < 4.78 is 4.48. The Balaban J connectivity index is 2.94. The van der Waals surface area contributed by atoms with Crippen molar-refractivity contribution in [3.8, 4) is 0 Å². The van der Waals surface area contributed by atoms with Gasteiger partial charge in [-0.05, 0) is 18.6 Å². The fourth-order valence-corrected chi connectivity index (χ4v) is 1.09. The number of hydrogen-bond donors (Lipinski definition) is 1. The molecule has 2 N–H and O–H groups in total. The summed E-state index contributed by atoms with van der Waals surface area (Å²) in [7, 11) is 1.32. The molecule has 0 bridgehead atoms. The third-order valence-corrected chi connectivity index (χ3v) is 1.83. The van der Waals surface area contributed by atoms with E-state index in [2.05, 4.69) is 4.74 Å². The van der Waals surface area contributed by atoms with Crippen LogP contribution in [0.15, 0.2) is 30.3 Å². The van der Waals surface area contributed by atoms with E-state index in [0.29, 0.717) is 5.70 Å². The third-order valence-electron chi connectivity index (χ3n) is 1.83. The number of rotatable bonds is 2. The molecule has 0 aliphatic heterocycles. The van der Waals surface area contributed by atoms with Crippen molar-refractivity contribution >= 4 is 11.7 Å². The molecule has 0 unspecified atom stereocenters. The van der Waals surface area contributed by atoms with Gasteiger partial charge in [-0.25, -0.2) is 4.79 Å². The second-order valence-electron chi connectivity index (χ2n) is 2.99. The Hall–Kier alpha value is -1.77. The fourth-order valence-electron chi connectivity index (χ4n) is 1.09. The predicted octanol–water partition coefficient (Wildman–Crippen LogP) is 1.47. The summed E-state index contributed by atoms with van der Waals surface area (Å²) in [5, 5.41) is 0. The molecule has 14 heavy (non-hydrogen) atoms. The molecule has 1 rings (SSSR count). The summed E-state index contributed by atoms with van der Waals surface area (Å²) in [6, 6.07) is 7.62. The molecule has 74 valence electrons. The maximum Gasteiger partial charge on any atom is 0.332 e. The smallest absolute Gasteiger partial charge is 0.332 e. The zero-order valence-corrected chi connectivity index (χ0v) is 8.28. The van der Waals surface area contributed by atoms with Crippen LogP contribution in [0.4, 0.5) is 0 Å². The molecule has 3 heteroatoms. The van der Waals surface area contributed by atoms with E-state index in [9.17, 15) is 4.79 Å². The van der Waals surface area contributed by atoms with Gasteiger partial charge in [0.2, 0.25) is 0 Å². The molecule has 0 fully saturated rings. The average molecular weight is 191 g/mol. The molecule has 0 heterocycles. The molecule has 1 aromatic carbocycles. The molecule has 1 aromatic rings. The molecule has 0 aliphatic carbocycles. The highest BCUT2D eigenvalue weighted by Crippen LogP contribution is 2.10. The zero-order valence-electron chi connectivity index (χ0n) is 8.28. The van der Waals surface area contributed by atoms with E-state index in [1.807, 2.05) is 31.2 Å². The molecular formula is C11H13NO2. The van der Waals surface area contributed by atoms with Crippen molar-refractivity contribution in [2.75, 3.05) is 7.11 Å². The molecule has 0 atom stereocenters. The normalized spacial score (nSPS) is 11.1. The van der Waals surface area contributed by atoms with Gasteiger partial charge >= 0.3 is 5.97 Å². The van der Waals surface area contributed by atoms with Crippen molar-refractivity contribution in [3.05, 3.63) is 41.5 Å². The number of carbonyl (C=O) groups excluding carboxylic acids is 1. The lowest BCUT2D eigenvalue weighted by Crippen LogP contribution is -2.03. The van der Waals surface area contributed by atoms with Gasteiger partial charge in [0.25, 0.3) is 0 Å². The van der Waals surface area contributed by atoms with E-state index in [0.717, 1.165) is 11.1 Å². The van der Waals surface area contributed by atoms with E-state index in [-0.39, 0.29) is 0 Å². The molecule has 0 aromatic heterocycles. The van der Waals surface area contributed by atoms with Crippen molar-refractivity contribution in [1.82, 2.24) is 0 Å². The minimum Gasteiger partial charge on any atom is -0.466 e. The first kappa shape index (κ1) is 10.3. The van der Waals surface area contributed by atoms with Crippen molar-refractivity contribution in [3.63, 3.8) is 0 Å². The van der Waals surface area contributed by atoms with Crippen LogP contribution in [-0.2, 0) is 9.53 Å². The number of hydrogen-bond acceptors (Lipinski definition) is 3. The average Bonchev–Trinajstić information content (AvgIpc) is 2.17. The number of nitrogens with two attached hydrogens (primary N) is 1. The highest BCUT2D eigenvalue weighted by Gasteiger charge is 2.00. The van der Waals surface area contributed by atoms with Crippen LogP contribution in [0.5, 0.6) is 0 Å². The highest BCUT2D eigenvalue weighted by molar-refractivity contribution is 5.90. The summed E-state index contributed by atoms with van der Waals surface area (Å²) >= 11 is 0. The standard InChI is InChI=1S/C11H13NO2/c1-8-4-3-5-9(6-8)10(12)7-11(13)14-2/h3-7H,12H2,1-2H3/b10-7-. The minimum absolute atomic E-state index is 0.417. The molecule has 3 nitrogen and oxygen atoms in total. The molecule has 0 saturated carbocycles. The highest BCUT2D eigenvalue weighted by atomic mass is 16.5. The van der Waals surface area contributed by atoms with Crippen LogP contribution in [0.1, 0.15) is 11.1 Å². The lowest BCUT2D eigenvalue weighted by atomic mass is 10.1. The van der Waals surface area contributed by atoms with Gasteiger partial charge < -0.3 is 10.5 Å². The van der Waals surface area contributed by atoms with Gasteiger partial charge in [0.05, 0.1) is 7.11 Å². The Labute approximate surface area is 83.2 Å². The Bertz CT molecular complexity index is 369. The van der Waals surface area contributed by atoms with Crippen LogP contribution in [-0.4, -0.2) is 13.1 Å². The van der Waals surface area contributed by atoms with Gasteiger partial charge in [0, 0.05) is 11.8 Å². The third kappa shape index (κ3) is 2.62. The number of methoxy groups -OCH3 is 1. The van der Waals surface area contributed by atoms with Crippen LogP contribution in [0.2, 0.25) is 0 Å². The summed E-state index contributed by atoms with van der Waals surface area (Å²) in [4.78, 5) is 10.9. The molecule has 0 saturated heterocycles. The Morgan fingerprint density at radius 1 is 1.50 bits per heavy atom. The van der Waals surface area contributed by atoms with Gasteiger partial charge in [-0.15, -0.1) is 0 Å². The number of ether oxygens (including phenoxy) is 1. The SMILES string of the molecule is COC(=O)/C=C(\N)c1cccc(C)c1. The monoisotopic (exact) mass is 191 g/mol. The maximum atomic E-state index is 10.9. The molecule has 0 radical (unpaired) electrons. The first-order valence-corrected chi connectivity index (χ1v) is 4.25. The molecule has 0 amide bonds. The quantitative estimate of drug-likeness (QED) is 0.569. The van der Waals surface area contributed by atoms with E-state index in [4.69, 9.17) is 5.73 Å². The van der Waals surface area contributed by atoms with Gasteiger partial charge in [-0.3, -0.25) is 0 Å². The summed E-state index contributed by atoms with van der Waals surface area (Å²) in [6.07, 6.45) is 1.27. The first-order chi connectivity index (χ1) is 6.63. The molecule has 0 aliphatic rings. The van der Waals surface area contributed by atoms with Crippen LogP contribution in [0.3, 0.4) is 0 Å². The molecule has 0 spiro atoms. The Kier molecular flexibility index (Phi) is 3.29. The Morgan fingerprint density at radius 3 is 2.79 bits per heavy atom. The van der Waals surface area contributed by atoms with E-state index >= 15 is 0 Å². The minimum atomic E-state index is -0.441. The van der Waals surface area contributed by atoms with Crippen molar-refractivity contribution in [1.29, 1.82) is 0 Å². The second kappa shape index (κ2) is 4.46. The number of esters is 1. The molecular weight excluding hydrogens is 178 g/mol. The summed E-state index contributed by atoms with van der Waals surface area (Å²) in [5.74, 6) is -0.441.